The van der Waals surface area contributed by atoms with Crippen LogP contribution in [0.1, 0.15) is 37.7 Å². The summed E-state index contributed by atoms with van der Waals surface area (Å²) in [5, 5.41) is 5.61. The molecule has 0 saturated carbocycles. The number of rotatable bonds is 4. The van der Waals surface area contributed by atoms with Gasteiger partial charge in [0.2, 0.25) is 5.91 Å². The molecule has 0 radical (unpaired) electrons. The summed E-state index contributed by atoms with van der Waals surface area (Å²) in [6.45, 7) is 6.49. The molecule has 20 heavy (non-hydrogen) atoms. The van der Waals surface area contributed by atoms with Gasteiger partial charge in [-0.2, -0.15) is 0 Å². The zero-order chi connectivity index (χ0) is 14.2. The molecule has 1 aromatic rings. The molecule has 1 aromatic heterocycles. The average molecular weight is 294 g/mol. The van der Waals surface area contributed by atoms with Gasteiger partial charge >= 0.3 is 0 Å². The minimum atomic E-state index is -0.436. The maximum Gasteiger partial charge on any atom is 0.244 e. The van der Waals surface area contributed by atoms with Gasteiger partial charge in [0.25, 0.3) is 0 Å². The first kappa shape index (κ1) is 14.0. The molecule has 110 valence electrons. The Hall–Kier alpha value is -0.910. The second kappa shape index (κ2) is 5.47. The van der Waals surface area contributed by atoms with Gasteiger partial charge in [-0.1, -0.05) is 13.0 Å². The number of carbonyl (C=O) groups excluding carboxylic acids is 1. The minimum absolute atomic E-state index is 0.0213. The van der Waals surface area contributed by atoms with Crippen LogP contribution < -0.4 is 5.32 Å². The summed E-state index contributed by atoms with van der Waals surface area (Å²) >= 11 is 1.71. The molecule has 3 unspecified atom stereocenters. The first-order valence-corrected chi connectivity index (χ1v) is 8.22. The molecule has 2 aliphatic heterocycles. The van der Waals surface area contributed by atoms with E-state index in [1.54, 1.807) is 11.3 Å². The molecule has 0 bridgehead atoms. The highest BCUT2D eigenvalue weighted by atomic mass is 32.1. The summed E-state index contributed by atoms with van der Waals surface area (Å²) in [6.07, 6.45) is 1.89. The number of ether oxygens (including phenoxy) is 1. The Labute approximate surface area is 124 Å². The molecule has 3 heterocycles. The van der Waals surface area contributed by atoms with Crippen molar-refractivity contribution < 1.29 is 9.53 Å². The number of carbonyl (C=O) groups is 1. The van der Waals surface area contributed by atoms with Crippen molar-refractivity contribution >= 4 is 17.2 Å². The lowest BCUT2D eigenvalue weighted by molar-refractivity contribution is -0.133. The number of nitrogens with one attached hydrogen (secondary N) is 1. The van der Waals surface area contributed by atoms with Crippen molar-refractivity contribution in [1.82, 2.24) is 10.2 Å². The topological polar surface area (TPSA) is 41.6 Å². The van der Waals surface area contributed by atoms with E-state index in [0.29, 0.717) is 5.92 Å². The summed E-state index contributed by atoms with van der Waals surface area (Å²) in [4.78, 5) is 16.0. The quantitative estimate of drug-likeness (QED) is 0.927. The predicted molar refractivity (Wildman–Crippen MR) is 79.5 cm³/mol. The van der Waals surface area contributed by atoms with Crippen LogP contribution in [0.2, 0.25) is 0 Å². The lowest BCUT2D eigenvalue weighted by Gasteiger charge is -2.25. The Kier molecular flexibility index (Phi) is 3.84. The third-order valence-corrected chi connectivity index (χ3v) is 5.42. The lowest BCUT2D eigenvalue weighted by atomic mass is 9.99. The molecule has 3 atom stereocenters. The van der Waals surface area contributed by atoms with Crippen LogP contribution in [0.5, 0.6) is 0 Å². The van der Waals surface area contributed by atoms with E-state index in [2.05, 4.69) is 23.7 Å². The fourth-order valence-electron chi connectivity index (χ4n) is 2.99. The molecular formula is C15H22N2O2S. The fourth-order valence-corrected chi connectivity index (χ4v) is 3.78. The number of nitrogens with zero attached hydrogens (tertiary/aromatic N) is 1. The summed E-state index contributed by atoms with van der Waals surface area (Å²) < 4.78 is 5.45. The number of hydrogen-bond acceptors (Lipinski definition) is 4. The lowest BCUT2D eigenvalue weighted by Crippen LogP contribution is -2.43. The molecule has 1 amide bonds. The predicted octanol–water partition coefficient (Wildman–Crippen LogP) is 2.38. The van der Waals surface area contributed by atoms with Crippen LogP contribution in [-0.4, -0.2) is 36.1 Å². The molecule has 5 heteroatoms. The standard InChI is InChI=1S/C15H22N2O2S/c1-3-15(2)14(18)17(9-11-6-7-19-10-11)13(16-15)12-5-4-8-20-12/h4-5,8,11,13,16H,3,6-7,9-10H2,1-2H3. The first-order chi connectivity index (χ1) is 9.64. The average Bonchev–Trinajstić information content (AvgIpc) is 3.16. The minimum Gasteiger partial charge on any atom is -0.381 e. The van der Waals surface area contributed by atoms with E-state index >= 15 is 0 Å². The van der Waals surface area contributed by atoms with Crippen LogP contribution in [-0.2, 0) is 9.53 Å². The van der Waals surface area contributed by atoms with Gasteiger partial charge in [0.1, 0.15) is 6.17 Å². The van der Waals surface area contributed by atoms with E-state index in [1.165, 1.54) is 4.88 Å². The van der Waals surface area contributed by atoms with E-state index in [9.17, 15) is 4.79 Å². The van der Waals surface area contributed by atoms with Crippen molar-refractivity contribution in [1.29, 1.82) is 0 Å². The zero-order valence-corrected chi connectivity index (χ0v) is 12.9. The molecule has 0 aromatic carbocycles. The molecule has 2 aliphatic rings. The van der Waals surface area contributed by atoms with Crippen LogP contribution >= 0.6 is 11.3 Å². The van der Waals surface area contributed by atoms with Gasteiger partial charge in [-0.3, -0.25) is 10.1 Å². The third kappa shape index (κ3) is 2.38. The first-order valence-electron chi connectivity index (χ1n) is 7.34. The van der Waals surface area contributed by atoms with E-state index < -0.39 is 5.54 Å². The normalized spacial score (nSPS) is 34.1. The maximum atomic E-state index is 12.8. The largest absolute Gasteiger partial charge is 0.381 e. The highest BCUT2D eigenvalue weighted by molar-refractivity contribution is 7.10. The smallest absolute Gasteiger partial charge is 0.244 e. The molecule has 1 N–H and O–H groups in total. The number of thiophene rings is 1. The molecule has 3 rings (SSSR count). The van der Waals surface area contributed by atoms with Crippen LogP contribution in [0.3, 0.4) is 0 Å². The Morgan fingerprint density at radius 2 is 2.45 bits per heavy atom. The Morgan fingerprint density at radius 1 is 1.60 bits per heavy atom. The summed E-state index contributed by atoms with van der Waals surface area (Å²) in [5.74, 6) is 0.702. The summed E-state index contributed by atoms with van der Waals surface area (Å²) in [7, 11) is 0. The number of hydrogen-bond donors (Lipinski definition) is 1. The van der Waals surface area contributed by atoms with Crippen LogP contribution in [0.4, 0.5) is 0 Å². The van der Waals surface area contributed by atoms with Crippen molar-refractivity contribution in [3.05, 3.63) is 22.4 Å². The van der Waals surface area contributed by atoms with Crippen molar-refractivity contribution in [2.75, 3.05) is 19.8 Å². The molecule has 2 fully saturated rings. The Bertz CT molecular complexity index is 470. The summed E-state index contributed by atoms with van der Waals surface area (Å²) in [5.41, 5.74) is -0.436. The molecule has 0 spiro atoms. The van der Waals surface area contributed by atoms with E-state index in [1.807, 2.05) is 17.9 Å². The summed E-state index contributed by atoms with van der Waals surface area (Å²) in [6, 6.07) is 4.15. The van der Waals surface area contributed by atoms with Crippen LogP contribution in [0.15, 0.2) is 17.5 Å². The van der Waals surface area contributed by atoms with Crippen molar-refractivity contribution in [2.24, 2.45) is 5.92 Å². The van der Waals surface area contributed by atoms with Gasteiger partial charge in [0, 0.05) is 23.9 Å². The van der Waals surface area contributed by atoms with E-state index in [4.69, 9.17) is 4.74 Å². The van der Waals surface area contributed by atoms with E-state index in [0.717, 1.165) is 32.6 Å². The SMILES string of the molecule is CCC1(C)NC(c2cccs2)N(CC2CCOC2)C1=O. The van der Waals surface area contributed by atoms with Crippen molar-refractivity contribution in [3.63, 3.8) is 0 Å². The Balaban J connectivity index is 1.84. The van der Waals surface area contributed by atoms with Gasteiger partial charge < -0.3 is 9.64 Å². The van der Waals surface area contributed by atoms with Gasteiger partial charge in [-0.05, 0) is 31.2 Å². The van der Waals surface area contributed by atoms with E-state index in [-0.39, 0.29) is 12.1 Å². The molecule has 2 saturated heterocycles. The number of amides is 1. The maximum absolute atomic E-state index is 12.8. The molecule has 0 aliphatic carbocycles. The monoisotopic (exact) mass is 294 g/mol. The second-order valence-electron chi connectivity index (χ2n) is 5.94. The highest BCUT2D eigenvalue weighted by Gasteiger charge is 2.48. The van der Waals surface area contributed by atoms with Crippen LogP contribution in [0, 0.1) is 5.92 Å². The second-order valence-corrected chi connectivity index (χ2v) is 6.91. The molecular weight excluding hydrogens is 272 g/mol. The fraction of sp³-hybridized carbons (Fsp3) is 0.667. The van der Waals surface area contributed by atoms with Gasteiger partial charge in [-0.25, -0.2) is 0 Å². The van der Waals surface area contributed by atoms with Gasteiger partial charge in [-0.15, -0.1) is 11.3 Å². The van der Waals surface area contributed by atoms with Crippen molar-refractivity contribution in [2.45, 2.75) is 38.4 Å². The highest BCUT2D eigenvalue weighted by Crippen LogP contribution is 2.35. The third-order valence-electron chi connectivity index (χ3n) is 4.50. The van der Waals surface area contributed by atoms with Gasteiger partial charge in [0.15, 0.2) is 0 Å². The molecule has 4 nitrogen and oxygen atoms in total. The zero-order valence-electron chi connectivity index (χ0n) is 12.1. The van der Waals surface area contributed by atoms with Crippen molar-refractivity contribution in [3.8, 4) is 0 Å². The Morgan fingerprint density at radius 3 is 3.05 bits per heavy atom. The van der Waals surface area contributed by atoms with Gasteiger partial charge in [0.05, 0.1) is 12.1 Å². The van der Waals surface area contributed by atoms with Crippen LogP contribution in [0.25, 0.3) is 0 Å².